The number of rotatable bonds is 17. The van der Waals surface area contributed by atoms with Crippen LogP contribution in [0.5, 0.6) is 0 Å². The van der Waals surface area contributed by atoms with Crippen LogP contribution in [0, 0.1) is 23.7 Å². The lowest BCUT2D eigenvalue weighted by molar-refractivity contribution is 0.0589. The summed E-state index contributed by atoms with van der Waals surface area (Å²) in [6, 6.07) is 26.7. The van der Waals surface area contributed by atoms with E-state index in [0.717, 1.165) is 30.7 Å². The van der Waals surface area contributed by atoms with E-state index < -0.39 is 6.17 Å². The van der Waals surface area contributed by atoms with Gasteiger partial charge in [-0.2, -0.15) is 0 Å². The first-order valence-corrected chi connectivity index (χ1v) is 22.5. The highest BCUT2D eigenvalue weighted by Gasteiger charge is 2.42. The molecule has 0 saturated heterocycles. The predicted octanol–water partition coefficient (Wildman–Crippen LogP) is 16.8. The van der Waals surface area contributed by atoms with Gasteiger partial charge in [0.15, 0.2) is 0 Å². The van der Waals surface area contributed by atoms with Crippen LogP contribution in [0.4, 0.5) is 4.39 Å². The van der Waals surface area contributed by atoms with Crippen molar-refractivity contribution < 1.29 is 4.39 Å². The first kappa shape index (κ1) is 47.0. The summed E-state index contributed by atoms with van der Waals surface area (Å²) in [6.45, 7) is 18.6. The van der Waals surface area contributed by atoms with Crippen molar-refractivity contribution >= 4 is 11.6 Å². The largest absolute Gasteiger partial charge is 0.248 e. The number of halogens is 2. The molecule has 1 saturated carbocycles. The van der Waals surface area contributed by atoms with Crippen LogP contribution in [-0.2, 0) is 19.3 Å². The Labute approximate surface area is 348 Å². The van der Waals surface area contributed by atoms with Crippen LogP contribution in [0.15, 0.2) is 133 Å². The van der Waals surface area contributed by atoms with Crippen LogP contribution in [0.25, 0.3) is 0 Å². The van der Waals surface area contributed by atoms with Crippen LogP contribution >= 0.6 is 11.6 Å². The van der Waals surface area contributed by atoms with Gasteiger partial charge in [-0.05, 0) is 160 Å². The number of benzene rings is 3. The predicted molar refractivity (Wildman–Crippen MR) is 247 cm³/mol. The molecule has 0 amide bonds. The monoisotopic (exact) mass is 777 g/mol. The highest BCUT2D eigenvalue weighted by atomic mass is 35.5. The second-order valence-corrected chi connectivity index (χ2v) is 16.4. The summed E-state index contributed by atoms with van der Waals surface area (Å²) in [5.41, 5.74) is 9.43. The Morgan fingerprint density at radius 1 is 0.857 bits per heavy atom. The van der Waals surface area contributed by atoms with Crippen molar-refractivity contribution in [3.8, 4) is 0 Å². The maximum atomic E-state index is 13.5. The zero-order valence-corrected chi connectivity index (χ0v) is 36.8. The Balaban J connectivity index is 0.00000160. The van der Waals surface area contributed by atoms with E-state index in [0.29, 0.717) is 36.0 Å². The summed E-state index contributed by atoms with van der Waals surface area (Å²) in [7, 11) is 0. The van der Waals surface area contributed by atoms with Crippen molar-refractivity contribution in [1.82, 2.24) is 0 Å². The maximum absolute atomic E-state index is 13.5. The summed E-state index contributed by atoms with van der Waals surface area (Å²) in [4.78, 5) is 0. The molecule has 6 atom stereocenters. The highest BCUT2D eigenvalue weighted by Crippen LogP contribution is 2.53. The van der Waals surface area contributed by atoms with Crippen molar-refractivity contribution in [2.24, 2.45) is 23.7 Å². The fraction of sp³-hybridized carbons (Fsp3) is 0.481. The number of hydrogen-bond donors (Lipinski definition) is 0. The Kier molecular flexibility index (Phi) is 22.2. The molecule has 0 spiro atoms. The first-order chi connectivity index (χ1) is 27.3. The molecule has 0 aliphatic heterocycles. The Morgan fingerprint density at radius 2 is 1.54 bits per heavy atom. The molecule has 56 heavy (non-hydrogen) atoms. The SMILES string of the molecule is C=C/C=C(\C=C/C)CCC1C(CCC2=CCCC=C2)C(C)CC(c2ccc(Cl)c(Cc3ccc(CCC(C)F)cc3)c2)C1CCc1ccccc1.CC.CCC. The van der Waals surface area contributed by atoms with E-state index in [4.69, 9.17) is 11.6 Å². The van der Waals surface area contributed by atoms with Gasteiger partial charge in [0.25, 0.3) is 0 Å². The average Bonchev–Trinajstić information content (AvgIpc) is 3.21. The molecule has 2 heteroatoms. The fourth-order valence-electron chi connectivity index (χ4n) is 8.97. The Morgan fingerprint density at radius 3 is 2.18 bits per heavy atom. The lowest BCUT2D eigenvalue weighted by atomic mass is 9.57. The van der Waals surface area contributed by atoms with Crippen molar-refractivity contribution in [3.05, 3.63) is 166 Å². The minimum atomic E-state index is -0.773. The third kappa shape index (κ3) is 15.5. The maximum Gasteiger partial charge on any atom is 0.0976 e. The average molecular weight is 778 g/mol. The second kappa shape index (κ2) is 26.5. The normalized spacial score (nSPS) is 21.3. The summed E-state index contributed by atoms with van der Waals surface area (Å²) in [5.74, 6) is 2.98. The summed E-state index contributed by atoms with van der Waals surface area (Å²) in [6.07, 6.45) is 29.0. The fourth-order valence-corrected chi connectivity index (χ4v) is 9.15. The molecule has 0 heterocycles. The van der Waals surface area contributed by atoms with Crippen molar-refractivity contribution in [2.45, 2.75) is 144 Å². The van der Waals surface area contributed by atoms with Gasteiger partial charge in [-0.15, -0.1) is 0 Å². The molecule has 3 aromatic carbocycles. The minimum absolute atomic E-state index is 0.480. The van der Waals surface area contributed by atoms with E-state index in [1.54, 1.807) is 6.92 Å². The van der Waals surface area contributed by atoms with Gasteiger partial charge in [0, 0.05) is 5.02 Å². The number of allylic oxidation sites excluding steroid dienone is 9. The highest BCUT2D eigenvalue weighted by molar-refractivity contribution is 6.31. The van der Waals surface area contributed by atoms with E-state index in [9.17, 15) is 4.39 Å². The van der Waals surface area contributed by atoms with Gasteiger partial charge in [0.1, 0.15) is 0 Å². The molecular formula is C54H74ClF. The molecular weight excluding hydrogens is 703 g/mol. The van der Waals surface area contributed by atoms with Crippen LogP contribution < -0.4 is 0 Å². The van der Waals surface area contributed by atoms with Crippen LogP contribution in [0.3, 0.4) is 0 Å². The molecule has 1 fully saturated rings. The number of aryl methyl sites for hydroxylation is 2. The van der Waals surface area contributed by atoms with E-state index >= 15 is 0 Å². The topological polar surface area (TPSA) is 0 Å². The Hall–Kier alpha value is -3.42. The van der Waals surface area contributed by atoms with Gasteiger partial charge in [-0.3, -0.25) is 0 Å². The standard InChI is InChI=1S/C49H60ClF.C3H8.C2H6/c1-5-13-38(14-6-2)26-30-46-45(29-25-39-15-9-7-10-16-39)36(3)33-48(47(46)31-27-40-17-11-8-12-18-40)43-28-32-49(50)44(35-43)34-42-23-21-41(22-24-42)20-19-37(4)51;1-3-2;1-2/h5-6,8-9,11-18,21-24,28,32,35-37,45-48H,1,7,10,19-20,25-27,29-31,33-34H2,2-4H3;3H2,1-2H3;1-2H3/b14-6-,38-13+;;. The zero-order chi connectivity index (χ0) is 40.7. The molecule has 2 aliphatic rings. The summed E-state index contributed by atoms with van der Waals surface area (Å²) in [5, 5.41) is 0.840. The quantitative estimate of drug-likeness (QED) is 0.120. The third-order valence-corrected chi connectivity index (χ3v) is 12.0. The molecule has 0 nitrogen and oxygen atoms in total. The van der Waals surface area contributed by atoms with E-state index in [1.807, 2.05) is 19.9 Å². The number of hydrogen-bond acceptors (Lipinski definition) is 0. The van der Waals surface area contributed by atoms with Crippen molar-refractivity contribution in [1.29, 1.82) is 0 Å². The van der Waals surface area contributed by atoms with E-state index in [2.05, 4.69) is 144 Å². The molecule has 6 unspecified atom stereocenters. The summed E-state index contributed by atoms with van der Waals surface area (Å²) < 4.78 is 13.5. The van der Waals surface area contributed by atoms with E-state index in [-0.39, 0.29) is 0 Å². The van der Waals surface area contributed by atoms with Gasteiger partial charge < -0.3 is 0 Å². The second-order valence-electron chi connectivity index (χ2n) is 16.0. The van der Waals surface area contributed by atoms with E-state index in [1.165, 1.54) is 90.3 Å². The third-order valence-electron chi connectivity index (χ3n) is 11.6. The minimum Gasteiger partial charge on any atom is -0.248 e. The van der Waals surface area contributed by atoms with Crippen molar-refractivity contribution in [3.63, 3.8) is 0 Å². The molecule has 0 aromatic heterocycles. The number of alkyl halides is 1. The van der Waals surface area contributed by atoms with Gasteiger partial charge in [-0.1, -0.05) is 174 Å². The smallest absolute Gasteiger partial charge is 0.0976 e. The van der Waals surface area contributed by atoms with Crippen LogP contribution in [-0.4, -0.2) is 6.17 Å². The Bertz CT molecular complexity index is 1660. The van der Waals surface area contributed by atoms with Gasteiger partial charge in [-0.25, -0.2) is 4.39 Å². The van der Waals surface area contributed by atoms with Gasteiger partial charge >= 0.3 is 0 Å². The molecule has 0 N–H and O–H groups in total. The molecule has 2 aliphatic carbocycles. The zero-order valence-electron chi connectivity index (χ0n) is 36.1. The van der Waals surface area contributed by atoms with Crippen LogP contribution in [0.1, 0.15) is 146 Å². The van der Waals surface area contributed by atoms with Crippen molar-refractivity contribution in [2.75, 3.05) is 0 Å². The molecule has 0 radical (unpaired) electrons. The summed E-state index contributed by atoms with van der Waals surface area (Å²) >= 11 is 6.94. The molecule has 3 aromatic rings. The molecule has 304 valence electrons. The lowest BCUT2D eigenvalue weighted by Crippen LogP contribution is -2.39. The van der Waals surface area contributed by atoms with Gasteiger partial charge in [0.2, 0.25) is 0 Å². The van der Waals surface area contributed by atoms with Gasteiger partial charge in [0.05, 0.1) is 6.17 Å². The van der Waals surface area contributed by atoms with Crippen LogP contribution in [0.2, 0.25) is 5.02 Å². The lowest BCUT2D eigenvalue weighted by Gasteiger charge is -2.48. The molecule has 0 bridgehead atoms. The molecule has 5 rings (SSSR count). The first-order valence-electron chi connectivity index (χ1n) is 22.1.